The maximum absolute atomic E-state index is 14.1. The third-order valence-corrected chi connectivity index (χ3v) is 26.9. The topological polar surface area (TPSA) is 160 Å². The first-order chi connectivity index (χ1) is 63.1. The Morgan fingerprint density at radius 3 is 1.59 bits per heavy atom. The van der Waals surface area contributed by atoms with Crippen molar-refractivity contribution < 1.29 is 36.2 Å². The molecule has 0 spiro atoms. The van der Waals surface area contributed by atoms with Crippen molar-refractivity contribution in [2.24, 2.45) is 0 Å². The molecule has 130 heavy (non-hydrogen) atoms. The largest absolute Gasteiger partial charge is 0.489 e. The van der Waals surface area contributed by atoms with E-state index in [4.69, 9.17) is 56.5 Å². The Morgan fingerprint density at radius 2 is 1.00 bits per heavy atom. The van der Waals surface area contributed by atoms with Gasteiger partial charge >= 0.3 is 12.3 Å². The Balaban J connectivity index is 0.000000115. The zero-order valence-corrected chi connectivity index (χ0v) is 77.3. The van der Waals surface area contributed by atoms with Gasteiger partial charge in [-0.05, 0) is 248 Å². The summed E-state index contributed by atoms with van der Waals surface area (Å²) in [5.41, 5.74) is 23.6. The van der Waals surface area contributed by atoms with Crippen molar-refractivity contribution in [1.29, 1.82) is 0 Å². The van der Waals surface area contributed by atoms with Crippen LogP contribution in [0.4, 0.5) is 26.7 Å². The van der Waals surface area contributed by atoms with Crippen LogP contribution in [-0.2, 0) is 56.2 Å². The van der Waals surface area contributed by atoms with Gasteiger partial charge in [-0.25, -0.2) is 13.6 Å². The van der Waals surface area contributed by atoms with Gasteiger partial charge in [0.2, 0.25) is 0 Å². The van der Waals surface area contributed by atoms with E-state index in [1.165, 1.54) is 111 Å². The van der Waals surface area contributed by atoms with Crippen molar-refractivity contribution in [3.63, 3.8) is 0 Å². The second-order valence-corrected chi connectivity index (χ2v) is 36.3. The average Bonchev–Trinajstić information content (AvgIpc) is 1.57. The molecule has 14 nitrogen and oxygen atoms in total. The summed E-state index contributed by atoms with van der Waals surface area (Å²) in [4.78, 5) is 36.9. The van der Waals surface area contributed by atoms with Gasteiger partial charge in [-0.15, -0.1) is 0 Å². The van der Waals surface area contributed by atoms with Crippen molar-refractivity contribution in [3.05, 3.63) is 381 Å². The Kier molecular flexibility index (Phi) is 28.3. The summed E-state index contributed by atoms with van der Waals surface area (Å²) < 4.78 is 79.2. The van der Waals surface area contributed by atoms with Crippen LogP contribution in [0.25, 0.3) is 54.5 Å². The van der Waals surface area contributed by atoms with E-state index in [-0.39, 0.29) is 41.9 Å². The minimum Gasteiger partial charge on any atom is -0.489 e. The fourth-order valence-corrected chi connectivity index (χ4v) is 20.4. The number of alkyl halides is 3. The number of ether oxygens (including phenoxy) is 2. The van der Waals surface area contributed by atoms with Crippen LogP contribution in [0.5, 0.6) is 5.75 Å². The molecule has 16 aromatic rings. The Labute approximate surface area is 782 Å². The lowest BCUT2D eigenvalue weighted by Crippen LogP contribution is -2.45. The van der Waals surface area contributed by atoms with Crippen molar-refractivity contribution in [2.75, 3.05) is 45.9 Å². The molecule has 5 aliphatic rings. The van der Waals surface area contributed by atoms with Crippen LogP contribution in [0.1, 0.15) is 177 Å². The first kappa shape index (κ1) is 90.7. The number of nitrogens with one attached hydrogen (secondary N) is 8. The van der Waals surface area contributed by atoms with Gasteiger partial charge in [0.25, 0.3) is 0 Å². The number of fused-ring (bicyclic) bond motifs is 15. The molecule has 0 aliphatic carbocycles. The van der Waals surface area contributed by atoms with Crippen molar-refractivity contribution in [3.8, 4) is 5.75 Å². The molecule has 21 rings (SSSR count). The lowest BCUT2D eigenvalue weighted by Gasteiger charge is -2.38. The fourth-order valence-electron chi connectivity index (χ4n) is 19.2. The third-order valence-electron chi connectivity index (χ3n) is 25.3. The first-order valence-corrected chi connectivity index (χ1v) is 47.0. The summed E-state index contributed by atoms with van der Waals surface area (Å²) in [6.07, 6.45) is 4.84. The normalized spacial score (nSPS) is 16.9. The van der Waals surface area contributed by atoms with Crippen LogP contribution in [0.3, 0.4) is 0 Å². The SMILES string of the molecule is CCCCCC1c2[nH]c3ccc(Cl)cc3c2CCN1Cc1ccccc1.CCNC(=S)N1CCc2c([nH]c3ccc(Cl)cc23)C1c1ccc(OCc2ccccc2)cc1.CCOC(=O)N1CCc2c([nH]c3ccc(F)cc23)C1c1ccc(C)cc1.FC(F)(F)c1cccc(C2NCCc3c2[nH]c2ccc(Br)cc32)c1.Fc1ccccc1C1NCCc2c1[nH]c1ccc(Cl)cc21. The van der Waals surface area contributed by atoms with Gasteiger partial charge < -0.3 is 55.2 Å². The van der Waals surface area contributed by atoms with Crippen molar-refractivity contribution in [2.45, 2.75) is 135 Å². The lowest BCUT2D eigenvalue weighted by molar-refractivity contribution is -0.137. The number of nitrogens with zero attached hydrogens (tertiary/aromatic N) is 3. The van der Waals surface area contributed by atoms with E-state index in [1.807, 2.05) is 116 Å². The number of hydrogen-bond acceptors (Lipinski definition) is 7. The highest BCUT2D eigenvalue weighted by Crippen LogP contribution is 2.45. The maximum atomic E-state index is 14.1. The smallest absolute Gasteiger partial charge is 0.416 e. The Hall–Kier alpha value is -11.2. The van der Waals surface area contributed by atoms with Gasteiger partial charge in [0.15, 0.2) is 5.11 Å². The first-order valence-electron chi connectivity index (χ1n) is 44.6. The van der Waals surface area contributed by atoms with E-state index in [1.54, 1.807) is 36.1 Å². The number of aryl methyl sites for hydroxylation is 1. The monoisotopic (exact) mass is 1890 g/mol. The molecule has 1 amide bonds. The van der Waals surface area contributed by atoms with Crippen LogP contribution in [0, 0.1) is 18.6 Å². The molecular formula is C106H102BrCl3F5N11O3S. The van der Waals surface area contributed by atoms with Crippen LogP contribution in [-0.4, -0.2) is 96.7 Å². The summed E-state index contributed by atoms with van der Waals surface area (Å²) in [6, 6.07) is 78.7. The molecule has 5 aliphatic heterocycles. The molecule has 668 valence electrons. The molecule has 10 heterocycles. The van der Waals surface area contributed by atoms with E-state index >= 15 is 0 Å². The average molecular weight is 1890 g/mol. The van der Waals surface area contributed by atoms with E-state index < -0.39 is 11.7 Å². The molecule has 0 bridgehead atoms. The van der Waals surface area contributed by atoms with E-state index in [0.29, 0.717) is 43.3 Å². The summed E-state index contributed by atoms with van der Waals surface area (Å²) in [7, 11) is 0. The molecule has 5 atom stereocenters. The molecular weight excluding hydrogens is 1790 g/mol. The van der Waals surface area contributed by atoms with Crippen molar-refractivity contribution in [1.82, 2.24) is 55.6 Å². The number of aromatic amines is 5. The molecule has 11 aromatic carbocycles. The number of benzene rings is 11. The standard InChI is InChI=1S/C27H26ClN3OS.C23H27ClN2.C21H21FN2O2.C18H14BrF3N2.C17H14ClFN2/c1-2-29-27(33)31-15-14-22-23-16-20(28)10-13-24(23)30-25(22)26(31)19-8-11-21(12-9-19)32-17-18-6-4-3-5-7-18;1-2-3-5-10-22-23-19(20-15-18(24)11-12-21(20)25-23)13-14-26(22)16-17-8-6-4-7-9-17;1-3-26-21(25)24-11-10-16-17-12-15(22)8-9-18(17)23-19(16)20(24)14-6-4-13(2)5-7-14;19-12-4-5-15-14(9-12)13-6-7-23-16(17(13)24-15)10-2-1-3-11(8-10)18(20,21)22;18-10-5-6-15-13(9-10)11-7-8-20-16(17(11)21-15)12-3-1-2-4-14(12)19/h3-13,16,26,30H,2,14-15,17H2,1H3,(H,29,33);4,6-9,11-12,15,22,25H,2-3,5,10,13-14,16H2,1H3;4-9,12,20,23H,3,10-11H2,1-2H3;1-5,8-9,16,23-24H,6-7H2;1-6,9,16,20-21H,7-8H2. The zero-order chi connectivity index (χ0) is 90.3. The van der Waals surface area contributed by atoms with Crippen LogP contribution in [0.15, 0.2) is 253 Å². The minimum atomic E-state index is -4.33. The third kappa shape index (κ3) is 20.0. The predicted molar refractivity (Wildman–Crippen MR) is 523 cm³/mol. The fraction of sp³-hybridized carbons (Fsp3) is 0.264. The number of rotatable bonds is 15. The number of unbranched alkanes of at least 4 members (excludes halogenated alkanes) is 2. The molecule has 8 N–H and O–H groups in total. The summed E-state index contributed by atoms with van der Waals surface area (Å²) in [5, 5.41) is 18.8. The van der Waals surface area contributed by atoms with E-state index in [0.717, 1.165) is 179 Å². The van der Waals surface area contributed by atoms with Gasteiger partial charge in [-0.3, -0.25) is 9.80 Å². The molecule has 0 radical (unpaired) electrons. The van der Waals surface area contributed by atoms with Gasteiger partial charge in [0.05, 0.1) is 36.3 Å². The number of halogens is 9. The number of aromatic nitrogens is 5. The summed E-state index contributed by atoms with van der Waals surface area (Å²) in [5.74, 6) is 0.418. The highest BCUT2D eigenvalue weighted by atomic mass is 79.9. The highest BCUT2D eigenvalue weighted by Gasteiger charge is 2.39. The second-order valence-electron chi connectivity index (χ2n) is 33.7. The van der Waals surface area contributed by atoms with E-state index in [2.05, 4.69) is 165 Å². The van der Waals surface area contributed by atoms with Crippen molar-refractivity contribution >= 4 is 129 Å². The number of H-pyrrole nitrogens is 5. The number of carbonyl (C=O) groups excluding carboxylic acids is 1. The predicted octanol–water partition coefficient (Wildman–Crippen LogP) is 26.8. The number of hydrogen-bond donors (Lipinski definition) is 8. The summed E-state index contributed by atoms with van der Waals surface area (Å²) in [6.45, 7) is 14.9. The maximum Gasteiger partial charge on any atom is 0.416 e. The number of thiocarbonyl (C=S) groups is 1. The molecule has 24 heteroatoms. The molecule has 5 aromatic heterocycles. The second kappa shape index (κ2) is 40.6. The Bertz CT molecular complexity index is 6700. The van der Waals surface area contributed by atoms with Crippen LogP contribution < -0.4 is 20.7 Å². The highest BCUT2D eigenvalue weighted by molar-refractivity contribution is 9.10. The van der Waals surface area contributed by atoms with Gasteiger partial charge in [-0.1, -0.05) is 210 Å². The number of amides is 1. The Morgan fingerprint density at radius 1 is 0.500 bits per heavy atom. The zero-order valence-electron chi connectivity index (χ0n) is 72.7. The van der Waals surface area contributed by atoms with E-state index in [9.17, 15) is 26.7 Å². The van der Waals surface area contributed by atoms with Crippen LogP contribution >= 0.6 is 63.0 Å². The lowest BCUT2D eigenvalue weighted by atomic mass is 9.92. The van der Waals surface area contributed by atoms with Crippen LogP contribution in [0.2, 0.25) is 15.1 Å². The number of carbonyl (C=O) groups is 1. The minimum absolute atomic E-state index is 0.00495. The quantitative estimate of drug-likeness (QED) is 0.0284. The molecule has 0 saturated carbocycles. The van der Waals surface area contributed by atoms with Gasteiger partial charge in [0.1, 0.15) is 30.0 Å². The van der Waals surface area contributed by atoms with Gasteiger partial charge in [-0.2, -0.15) is 13.2 Å². The van der Waals surface area contributed by atoms with Gasteiger partial charge in [0, 0.05) is 154 Å². The molecule has 5 unspecified atom stereocenters. The molecule has 0 fully saturated rings. The summed E-state index contributed by atoms with van der Waals surface area (Å²) >= 11 is 27.9. The molecule has 0 saturated heterocycles.